The van der Waals surface area contributed by atoms with Gasteiger partial charge in [-0.2, -0.15) is 0 Å². The summed E-state index contributed by atoms with van der Waals surface area (Å²) >= 11 is 5.96. The lowest BCUT2D eigenvalue weighted by Gasteiger charge is -2.31. The minimum Gasteiger partial charge on any atom is -0.396 e. The number of pyridine rings is 1. The molecule has 4 atom stereocenters. The first-order valence-electron chi connectivity index (χ1n) is 10.8. The minimum atomic E-state index is -1.20. The molecule has 1 saturated carbocycles. The van der Waals surface area contributed by atoms with Gasteiger partial charge in [-0.3, -0.25) is 0 Å². The smallest absolute Gasteiger partial charge is 0.145 e. The van der Waals surface area contributed by atoms with E-state index in [1.807, 2.05) is 0 Å². The van der Waals surface area contributed by atoms with Crippen LogP contribution >= 0.6 is 11.6 Å². The molecule has 0 amide bonds. The molecule has 9 nitrogen and oxygen atoms in total. The number of anilines is 2. The van der Waals surface area contributed by atoms with Gasteiger partial charge in [-0.15, -0.1) is 0 Å². The van der Waals surface area contributed by atoms with Crippen LogP contribution in [0.4, 0.5) is 16.0 Å². The molecule has 11 heteroatoms. The van der Waals surface area contributed by atoms with Crippen LogP contribution in [-0.4, -0.2) is 53.7 Å². The van der Waals surface area contributed by atoms with Gasteiger partial charge in [0.2, 0.25) is 0 Å². The van der Waals surface area contributed by atoms with Gasteiger partial charge < -0.3 is 31.4 Å². The van der Waals surface area contributed by atoms with Crippen LogP contribution in [0.1, 0.15) is 24.4 Å². The lowest BCUT2D eigenvalue weighted by Crippen LogP contribution is -2.39. The van der Waals surface area contributed by atoms with Crippen molar-refractivity contribution in [2.45, 2.75) is 37.5 Å². The summed E-state index contributed by atoms with van der Waals surface area (Å²) in [7, 11) is 0. The standard InChI is InChI=1S/C23H24ClFN6O3/c24-14-7-13-15(25)5-11(6-16(13)30-21(14)27)1-3-23(9-32)8-17(18(33)19(23)34)31-4-2-12-20(26)28-10-29-22(12)31/h2,4-7,10,17-19,32-34H,1,3,8-9H2,(H2,27,30)(H2,26,28,29). The molecule has 34 heavy (non-hydrogen) atoms. The average molecular weight is 487 g/mol. The van der Waals surface area contributed by atoms with Crippen molar-refractivity contribution in [3.8, 4) is 0 Å². The van der Waals surface area contributed by atoms with Gasteiger partial charge in [-0.25, -0.2) is 19.3 Å². The average Bonchev–Trinajstić information content (AvgIpc) is 3.35. The van der Waals surface area contributed by atoms with E-state index < -0.39 is 29.5 Å². The van der Waals surface area contributed by atoms with E-state index in [2.05, 4.69) is 15.0 Å². The summed E-state index contributed by atoms with van der Waals surface area (Å²) in [6.07, 6.45) is 1.68. The van der Waals surface area contributed by atoms with Crippen molar-refractivity contribution in [2.24, 2.45) is 5.41 Å². The molecule has 0 radical (unpaired) electrons. The van der Waals surface area contributed by atoms with Gasteiger partial charge in [0, 0.05) is 17.0 Å². The summed E-state index contributed by atoms with van der Waals surface area (Å²) in [5, 5.41) is 33.3. The van der Waals surface area contributed by atoms with E-state index in [9.17, 15) is 19.7 Å². The molecule has 1 aliphatic carbocycles. The van der Waals surface area contributed by atoms with Crippen LogP contribution in [0.5, 0.6) is 0 Å². The number of aryl methyl sites for hydroxylation is 1. The molecule has 1 aliphatic rings. The molecule has 178 valence electrons. The van der Waals surface area contributed by atoms with Gasteiger partial charge in [0.05, 0.1) is 34.7 Å². The third-order valence-corrected chi connectivity index (χ3v) is 7.31. The van der Waals surface area contributed by atoms with E-state index in [0.717, 1.165) is 0 Å². The topological polar surface area (TPSA) is 156 Å². The SMILES string of the molecule is Nc1nc2cc(CCC3(CO)CC(n4ccc5c(N)ncnc54)C(O)C3O)cc(F)c2cc1Cl. The Bertz CT molecular complexity index is 1400. The largest absolute Gasteiger partial charge is 0.396 e. The molecule has 4 unspecified atom stereocenters. The zero-order valence-corrected chi connectivity index (χ0v) is 18.8. The molecule has 7 N–H and O–H groups in total. The fourth-order valence-electron chi connectivity index (χ4n) is 5.05. The first kappa shape index (κ1) is 22.7. The Morgan fingerprint density at radius 2 is 1.94 bits per heavy atom. The van der Waals surface area contributed by atoms with Gasteiger partial charge in [-0.05, 0) is 49.1 Å². The lowest BCUT2D eigenvalue weighted by molar-refractivity contribution is -0.0519. The van der Waals surface area contributed by atoms with Gasteiger partial charge in [0.25, 0.3) is 0 Å². The molecule has 0 saturated heterocycles. The summed E-state index contributed by atoms with van der Waals surface area (Å²) < 4.78 is 16.5. The van der Waals surface area contributed by atoms with Crippen LogP contribution in [0.2, 0.25) is 5.02 Å². The van der Waals surface area contributed by atoms with Gasteiger partial charge in [-0.1, -0.05) is 11.6 Å². The van der Waals surface area contributed by atoms with Crippen LogP contribution in [0, 0.1) is 11.2 Å². The summed E-state index contributed by atoms with van der Waals surface area (Å²) in [6.45, 7) is -0.352. The highest BCUT2D eigenvalue weighted by atomic mass is 35.5. The zero-order valence-electron chi connectivity index (χ0n) is 18.1. The first-order valence-corrected chi connectivity index (χ1v) is 11.2. The van der Waals surface area contributed by atoms with Crippen LogP contribution in [0.25, 0.3) is 21.9 Å². The summed E-state index contributed by atoms with van der Waals surface area (Å²) in [4.78, 5) is 12.4. The molecular weight excluding hydrogens is 463 g/mol. The van der Waals surface area contributed by atoms with Crippen molar-refractivity contribution in [1.29, 1.82) is 0 Å². The fourth-order valence-corrected chi connectivity index (χ4v) is 5.20. The summed E-state index contributed by atoms with van der Waals surface area (Å²) in [5.41, 5.74) is 12.2. The highest BCUT2D eigenvalue weighted by Crippen LogP contribution is 2.48. The molecule has 0 bridgehead atoms. The molecule has 0 aliphatic heterocycles. The number of hydrogen-bond acceptors (Lipinski definition) is 8. The van der Waals surface area contributed by atoms with E-state index in [1.165, 1.54) is 18.5 Å². The van der Waals surface area contributed by atoms with E-state index in [4.69, 9.17) is 23.1 Å². The second-order valence-corrected chi connectivity index (χ2v) is 9.35. The predicted molar refractivity (Wildman–Crippen MR) is 127 cm³/mol. The minimum absolute atomic E-state index is 0.109. The Hall–Kier alpha value is -3.05. The van der Waals surface area contributed by atoms with Crippen molar-refractivity contribution >= 4 is 45.2 Å². The molecule has 1 aromatic carbocycles. The van der Waals surface area contributed by atoms with Crippen LogP contribution in [0.15, 0.2) is 36.8 Å². The number of aromatic nitrogens is 4. The Balaban J connectivity index is 1.43. The molecule has 5 rings (SSSR count). The van der Waals surface area contributed by atoms with Crippen LogP contribution in [-0.2, 0) is 6.42 Å². The molecule has 0 spiro atoms. The fraction of sp³-hybridized carbons (Fsp3) is 0.348. The number of rotatable bonds is 5. The highest BCUT2D eigenvalue weighted by Gasteiger charge is 2.52. The quantitative estimate of drug-likeness (QED) is 0.287. The van der Waals surface area contributed by atoms with E-state index in [-0.39, 0.29) is 29.3 Å². The number of hydrogen-bond donors (Lipinski definition) is 5. The second kappa shape index (κ2) is 8.31. The maximum absolute atomic E-state index is 14.7. The summed E-state index contributed by atoms with van der Waals surface area (Å²) in [5.74, 6) is -0.0573. The number of nitrogen functional groups attached to an aromatic ring is 2. The Morgan fingerprint density at radius 3 is 2.71 bits per heavy atom. The van der Waals surface area contributed by atoms with Gasteiger partial charge in [0.1, 0.15) is 35.5 Å². The Labute approximate surface area is 198 Å². The number of nitrogens with two attached hydrogens (primary N) is 2. The monoisotopic (exact) mass is 486 g/mol. The number of nitrogens with zero attached hydrogens (tertiary/aromatic N) is 4. The third-order valence-electron chi connectivity index (χ3n) is 7.01. The maximum Gasteiger partial charge on any atom is 0.145 e. The number of fused-ring (bicyclic) bond motifs is 2. The Kier molecular flexibility index (Phi) is 5.56. The predicted octanol–water partition coefficient (Wildman–Crippen LogP) is 2.21. The maximum atomic E-state index is 14.7. The highest BCUT2D eigenvalue weighted by molar-refractivity contribution is 6.33. The van der Waals surface area contributed by atoms with Crippen molar-refractivity contribution in [3.05, 3.63) is 53.2 Å². The van der Waals surface area contributed by atoms with Crippen LogP contribution in [0.3, 0.4) is 0 Å². The second-order valence-electron chi connectivity index (χ2n) is 8.95. The zero-order chi connectivity index (χ0) is 24.2. The van der Waals surface area contributed by atoms with E-state index >= 15 is 0 Å². The van der Waals surface area contributed by atoms with Crippen molar-refractivity contribution in [2.75, 3.05) is 18.1 Å². The number of benzene rings is 1. The van der Waals surface area contributed by atoms with Crippen molar-refractivity contribution < 1.29 is 19.7 Å². The summed E-state index contributed by atoms with van der Waals surface area (Å²) in [6, 6.07) is 5.75. The first-order chi connectivity index (χ1) is 16.2. The van der Waals surface area contributed by atoms with Crippen molar-refractivity contribution in [1.82, 2.24) is 19.5 Å². The van der Waals surface area contributed by atoms with Gasteiger partial charge in [0.15, 0.2) is 0 Å². The number of aliphatic hydroxyl groups excluding tert-OH is 3. The number of halogens is 2. The molecule has 4 aromatic rings. The van der Waals surface area contributed by atoms with Crippen LogP contribution < -0.4 is 11.5 Å². The third kappa shape index (κ3) is 3.54. The Morgan fingerprint density at radius 1 is 1.15 bits per heavy atom. The molecule has 3 heterocycles. The molecule has 3 aromatic heterocycles. The number of aliphatic hydroxyl groups is 3. The normalized spacial score (nSPS) is 24.9. The van der Waals surface area contributed by atoms with Crippen molar-refractivity contribution in [3.63, 3.8) is 0 Å². The lowest BCUT2D eigenvalue weighted by atomic mass is 9.79. The molecular formula is C23H24ClFN6O3. The van der Waals surface area contributed by atoms with E-state index in [1.54, 1.807) is 22.9 Å². The molecule has 1 fully saturated rings. The van der Waals surface area contributed by atoms with Gasteiger partial charge >= 0.3 is 0 Å². The van der Waals surface area contributed by atoms with E-state index in [0.29, 0.717) is 40.8 Å².